The first kappa shape index (κ1) is 18.5. The van der Waals surface area contributed by atoms with Crippen molar-refractivity contribution in [2.75, 3.05) is 13.7 Å². The highest BCUT2D eigenvalue weighted by Crippen LogP contribution is 2.28. The lowest BCUT2D eigenvalue weighted by atomic mass is 10.2. The lowest BCUT2D eigenvalue weighted by Crippen LogP contribution is -1.98. The molecule has 0 heterocycles. The Morgan fingerprint density at radius 3 is 2.30 bits per heavy atom. The highest BCUT2D eigenvalue weighted by Gasteiger charge is 2.04. The molecule has 0 atom stereocenters. The van der Waals surface area contributed by atoms with Gasteiger partial charge in [0.2, 0.25) is 0 Å². The molecule has 0 saturated carbocycles. The summed E-state index contributed by atoms with van der Waals surface area (Å²) >= 11 is 0. The van der Waals surface area contributed by atoms with E-state index in [1.807, 2.05) is 72.8 Å². The Morgan fingerprint density at radius 1 is 0.852 bits per heavy atom. The van der Waals surface area contributed by atoms with E-state index < -0.39 is 0 Å². The molecule has 0 bridgehead atoms. The van der Waals surface area contributed by atoms with Gasteiger partial charge in [-0.1, -0.05) is 25.1 Å². The third kappa shape index (κ3) is 5.35. The summed E-state index contributed by atoms with van der Waals surface area (Å²) in [5, 5.41) is 0. The molecule has 0 saturated heterocycles. The summed E-state index contributed by atoms with van der Waals surface area (Å²) in [7, 11) is 1.64. The van der Waals surface area contributed by atoms with Crippen molar-refractivity contribution in [2.45, 2.75) is 13.3 Å². The van der Waals surface area contributed by atoms with Gasteiger partial charge in [-0.2, -0.15) is 0 Å². The topological polar surface area (TPSA) is 40.0 Å². The van der Waals surface area contributed by atoms with Gasteiger partial charge >= 0.3 is 0 Å². The van der Waals surface area contributed by atoms with Crippen LogP contribution in [0, 0.1) is 0 Å². The fourth-order valence-electron chi connectivity index (χ4n) is 2.47. The molecule has 27 heavy (non-hydrogen) atoms. The van der Waals surface area contributed by atoms with Gasteiger partial charge in [-0.3, -0.25) is 4.99 Å². The van der Waals surface area contributed by atoms with Crippen LogP contribution in [-0.4, -0.2) is 19.9 Å². The average Bonchev–Trinajstić information content (AvgIpc) is 2.72. The predicted molar refractivity (Wildman–Crippen MR) is 109 cm³/mol. The Morgan fingerprint density at radius 2 is 1.59 bits per heavy atom. The van der Waals surface area contributed by atoms with E-state index in [4.69, 9.17) is 14.2 Å². The minimum atomic E-state index is 0.668. The van der Waals surface area contributed by atoms with Gasteiger partial charge in [0.1, 0.15) is 11.5 Å². The van der Waals surface area contributed by atoms with E-state index in [-0.39, 0.29) is 0 Å². The molecular formula is C23H23NO3. The van der Waals surface area contributed by atoms with Gasteiger partial charge in [0.15, 0.2) is 11.5 Å². The summed E-state index contributed by atoms with van der Waals surface area (Å²) < 4.78 is 16.9. The second-order valence-corrected chi connectivity index (χ2v) is 5.93. The quantitative estimate of drug-likeness (QED) is 0.460. The van der Waals surface area contributed by atoms with Crippen LogP contribution in [0.5, 0.6) is 23.0 Å². The lowest BCUT2D eigenvalue weighted by molar-refractivity contribution is 0.294. The summed E-state index contributed by atoms with van der Waals surface area (Å²) in [5.41, 5.74) is 1.79. The van der Waals surface area contributed by atoms with Crippen LogP contribution in [0.4, 0.5) is 5.69 Å². The number of rotatable bonds is 8. The van der Waals surface area contributed by atoms with Crippen molar-refractivity contribution < 1.29 is 14.2 Å². The number of ether oxygens (including phenoxy) is 3. The van der Waals surface area contributed by atoms with E-state index in [0.717, 1.165) is 34.9 Å². The van der Waals surface area contributed by atoms with Crippen molar-refractivity contribution in [1.29, 1.82) is 0 Å². The normalized spacial score (nSPS) is 10.7. The van der Waals surface area contributed by atoms with Gasteiger partial charge in [-0.25, -0.2) is 0 Å². The average molecular weight is 361 g/mol. The Balaban J connectivity index is 1.66. The maximum absolute atomic E-state index is 5.79. The van der Waals surface area contributed by atoms with Crippen LogP contribution in [0.15, 0.2) is 77.8 Å². The zero-order valence-electron chi connectivity index (χ0n) is 15.6. The molecule has 0 fully saturated rings. The van der Waals surface area contributed by atoms with Gasteiger partial charge in [0, 0.05) is 6.21 Å². The minimum absolute atomic E-state index is 0.668. The first-order valence-electron chi connectivity index (χ1n) is 8.96. The molecule has 3 rings (SSSR count). The predicted octanol–water partition coefficient (Wildman–Crippen LogP) is 6.03. The number of methoxy groups -OCH3 is 1. The maximum Gasteiger partial charge on any atom is 0.161 e. The van der Waals surface area contributed by atoms with E-state index in [1.54, 1.807) is 13.3 Å². The van der Waals surface area contributed by atoms with Gasteiger partial charge in [0.05, 0.1) is 19.4 Å². The highest BCUT2D eigenvalue weighted by atomic mass is 16.5. The Kier molecular flexibility index (Phi) is 6.47. The van der Waals surface area contributed by atoms with E-state index >= 15 is 0 Å². The smallest absolute Gasteiger partial charge is 0.161 e. The Labute approximate surface area is 160 Å². The second-order valence-electron chi connectivity index (χ2n) is 5.93. The number of hydrogen-bond acceptors (Lipinski definition) is 4. The number of para-hydroxylation sites is 1. The van der Waals surface area contributed by atoms with E-state index in [0.29, 0.717) is 12.4 Å². The molecule has 0 N–H and O–H groups in total. The molecule has 0 spiro atoms. The number of nitrogens with zero attached hydrogens (tertiary/aromatic N) is 1. The highest BCUT2D eigenvalue weighted by molar-refractivity contribution is 5.83. The van der Waals surface area contributed by atoms with Crippen molar-refractivity contribution >= 4 is 11.9 Å². The first-order chi connectivity index (χ1) is 13.3. The minimum Gasteiger partial charge on any atom is -0.493 e. The zero-order chi connectivity index (χ0) is 18.9. The largest absolute Gasteiger partial charge is 0.493 e. The molecule has 0 aromatic heterocycles. The molecule has 0 aliphatic carbocycles. The number of aliphatic imine (C=N–C) groups is 1. The third-order valence-corrected chi connectivity index (χ3v) is 3.83. The molecule has 3 aromatic rings. The summed E-state index contributed by atoms with van der Waals surface area (Å²) in [6, 6.07) is 23.1. The second kappa shape index (κ2) is 9.43. The molecule has 0 amide bonds. The van der Waals surface area contributed by atoms with E-state index in [2.05, 4.69) is 11.9 Å². The van der Waals surface area contributed by atoms with Gasteiger partial charge in [-0.05, 0) is 66.6 Å². The fourth-order valence-corrected chi connectivity index (χ4v) is 2.47. The third-order valence-electron chi connectivity index (χ3n) is 3.83. The fraction of sp³-hybridized carbons (Fsp3) is 0.174. The molecule has 4 heteroatoms. The Bertz CT molecular complexity index is 874. The first-order valence-corrected chi connectivity index (χ1v) is 8.96. The van der Waals surface area contributed by atoms with Gasteiger partial charge in [0.25, 0.3) is 0 Å². The van der Waals surface area contributed by atoms with Crippen LogP contribution in [0.1, 0.15) is 18.9 Å². The van der Waals surface area contributed by atoms with Crippen molar-refractivity contribution in [3.63, 3.8) is 0 Å². The van der Waals surface area contributed by atoms with Crippen molar-refractivity contribution in [3.8, 4) is 23.0 Å². The molecule has 0 radical (unpaired) electrons. The summed E-state index contributed by atoms with van der Waals surface area (Å²) in [6.07, 6.45) is 2.76. The molecule has 3 aromatic carbocycles. The monoisotopic (exact) mass is 361 g/mol. The SMILES string of the molecule is CCCOc1ccc(C=Nc2ccc(Oc3ccccc3)cc2)cc1OC. The molecule has 0 aliphatic heterocycles. The van der Waals surface area contributed by atoms with Crippen molar-refractivity contribution in [3.05, 3.63) is 78.4 Å². The molecule has 0 unspecified atom stereocenters. The van der Waals surface area contributed by atoms with Crippen molar-refractivity contribution in [1.82, 2.24) is 0 Å². The van der Waals surface area contributed by atoms with E-state index in [1.165, 1.54) is 0 Å². The maximum atomic E-state index is 5.79. The zero-order valence-corrected chi connectivity index (χ0v) is 15.6. The van der Waals surface area contributed by atoms with Crippen LogP contribution < -0.4 is 14.2 Å². The molecule has 4 nitrogen and oxygen atoms in total. The van der Waals surface area contributed by atoms with Crippen LogP contribution in [-0.2, 0) is 0 Å². The van der Waals surface area contributed by atoms with Gasteiger partial charge < -0.3 is 14.2 Å². The van der Waals surface area contributed by atoms with Gasteiger partial charge in [-0.15, -0.1) is 0 Å². The van der Waals surface area contributed by atoms with Crippen LogP contribution >= 0.6 is 0 Å². The van der Waals surface area contributed by atoms with Crippen LogP contribution in [0.25, 0.3) is 0 Å². The molecular weight excluding hydrogens is 338 g/mol. The summed E-state index contributed by atoms with van der Waals surface area (Å²) in [4.78, 5) is 4.51. The summed E-state index contributed by atoms with van der Waals surface area (Å²) in [5.74, 6) is 3.04. The molecule has 138 valence electrons. The van der Waals surface area contributed by atoms with Crippen molar-refractivity contribution in [2.24, 2.45) is 4.99 Å². The Hall–Kier alpha value is -3.27. The van der Waals surface area contributed by atoms with E-state index in [9.17, 15) is 0 Å². The number of hydrogen-bond donors (Lipinski definition) is 0. The van der Waals surface area contributed by atoms with Crippen LogP contribution in [0.2, 0.25) is 0 Å². The molecule has 0 aliphatic rings. The number of benzene rings is 3. The standard InChI is InChI=1S/C23H23NO3/c1-3-15-26-22-14-9-18(16-23(22)25-2)17-24-19-10-12-21(13-11-19)27-20-7-5-4-6-8-20/h4-14,16-17H,3,15H2,1-2H3. The lowest BCUT2D eigenvalue weighted by Gasteiger charge is -2.10. The van der Waals surface area contributed by atoms with Crippen LogP contribution in [0.3, 0.4) is 0 Å². The summed E-state index contributed by atoms with van der Waals surface area (Å²) in [6.45, 7) is 2.74.